The molecular weight excluding hydrogens is 264 g/mol. The Morgan fingerprint density at radius 2 is 1.80 bits per heavy atom. The summed E-state index contributed by atoms with van der Waals surface area (Å²) in [7, 11) is 0. The molecule has 1 rings (SSSR count). The van der Waals surface area contributed by atoms with E-state index in [4.69, 9.17) is 12.2 Å². The second kappa shape index (κ2) is 7.11. The van der Waals surface area contributed by atoms with Crippen LogP contribution in [0.1, 0.15) is 80.1 Å². The second-order valence-electron chi connectivity index (χ2n) is 8.16. The Bertz CT molecular complexity index is 317. The lowest BCUT2D eigenvalue weighted by Crippen LogP contribution is -2.53. The van der Waals surface area contributed by atoms with Crippen LogP contribution in [0.2, 0.25) is 0 Å². The molecule has 0 amide bonds. The highest BCUT2D eigenvalue weighted by Crippen LogP contribution is 2.27. The minimum absolute atomic E-state index is 0.0555. The van der Waals surface area contributed by atoms with Gasteiger partial charge >= 0.3 is 0 Å². The first-order valence-electron chi connectivity index (χ1n) is 8.23. The second-order valence-corrected chi connectivity index (χ2v) is 8.54. The molecule has 0 aromatic carbocycles. The Morgan fingerprint density at radius 3 is 2.35 bits per heavy atom. The molecule has 1 fully saturated rings. The van der Waals surface area contributed by atoms with E-state index in [1.807, 2.05) is 0 Å². The van der Waals surface area contributed by atoms with Gasteiger partial charge in [-0.3, -0.25) is 0 Å². The van der Waals surface area contributed by atoms with Crippen molar-refractivity contribution in [1.29, 1.82) is 0 Å². The van der Waals surface area contributed by atoms with Crippen molar-refractivity contribution >= 4 is 17.3 Å². The summed E-state index contributed by atoms with van der Waals surface area (Å²) in [6, 6.07) is 0.628. The molecule has 0 aliphatic carbocycles. The van der Waals surface area contributed by atoms with Crippen LogP contribution >= 0.6 is 12.2 Å². The van der Waals surface area contributed by atoms with E-state index in [0.717, 1.165) is 18.1 Å². The molecule has 0 spiro atoms. The molecule has 1 unspecified atom stereocenters. The van der Waals surface area contributed by atoms with Crippen LogP contribution in [0.15, 0.2) is 0 Å². The zero-order valence-corrected chi connectivity index (χ0v) is 15.2. The standard InChI is InChI=1S/C17H34N2S/c1-7-14-11-9-8-10-12-19(14)15(20)18-17(5,6)13-16(2,3)4/h14H,7-13H2,1-6H3,(H,18,20). The predicted octanol–water partition coefficient (Wildman–Crippen LogP) is 4.73. The molecule has 0 bridgehead atoms. The van der Waals surface area contributed by atoms with E-state index in [1.54, 1.807) is 0 Å². The molecule has 1 aliphatic rings. The third-order valence-electron chi connectivity index (χ3n) is 4.03. The van der Waals surface area contributed by atoms with E-state index in [2.05, 4.69) is 51.8 Å². The number of hydrogen-bond donors (Lipinski definition) is 1. The van der Waals surface area contributed by atoms with E-state index >= 15 is 0 Å². The van der Waals surface area contributed by atoms with Gasteiger partial charge in [0, 0.05) is 18.1 Å². The molecule has 2 nitrogen and oxygen atoms in total. The first kappa shape index (κ1) is 17.7. The quantitative estimate of drug-likeness (QED) is 0.758. The summed E-state index contributed by atoms with van der Waals surface area (Å²) in [5.41, 5.74) is 0.370. The minimum atomic E-state index is 0.0555. The average molecular weight is 299 g/mol. The van der Waals surface area contributed by atoms with E-state index in [0.29, 0.717) is 11.5 Å². The summed E-state index contributed by atoms with van der Waals surface area (Å²) in [6.45, 7) is 14.8. The maximum absolute atomic E-state index is 5.73. The monoisotopic (exact) mass is 298 g/mol. The Morgan fingerprint density at radius 1 is 1.15 bits per heavy atom. The van der Waals surface area contributed by atoms with Crippen molar-refractivity contribution in [2.75, 3.05) is 6.54 Å². The Labute approximate surface area is 131 Å². The van der Waals surface area contributed by atoms with Crippen LogP contribution in [0.5, 0.6) is 0 Å². The normalized spacial score (nSPS) is 21.5. The fourth-order valence-electron chi connectivity index (χ4n) is 3.60. The third-order valence-corrected chi connectivity index (χ3v) is 4.36. The summed E-state index contributed by atoms with van der Waals surface area (Å²) >= 11 is 5.73. The van der Waals surface area contributed by atoms with Crippen LogP contribution in [0, 0.1) is 5.41 Å². The summed E-state index contributed by atoms with van der Waals surface area (Å²) in [6.07, 6.45) is 7.58. The highest BCUT2D eigenvalue weighted by atomic mass is 32.1. The maximum Gasteiger partial charge on any atom is 0.169 e. The van der Waals surface area contributed by atoms with Gasteiger partial charge in [0.2, 0.25) is 0 Å². The Hall–Kier alpha value is -0.310. The molecule has 1 heterocycles. The largest absolute Gasteiger partial charge is 0.358 e. The Balaban J connectivity index is 2.67. The fraction of sp³-hybridized carbons (Fsp3) is 0.941. The van der Waals surface area contributed by atoms with Crippen molar-refractivity contribution in [2.24, 2.45) is 5.41 Å². The highest BCUT2D eigenvalue weighted by Gasteiger charge is 2.29. The number of thiocarbonyl (C=S) groups is 1. The van der Waals surface area contributed by atoms with Gasteiger partial charge < -0.3 is 10.2 Å². The van der Waals surface area contributed by atoms with E-state index in [9.17, 15) is 0 Å². The summed E-state index contributed by atoms with van der Waals surface area (Å²) < 4.78 is 0. The van der Waals surface area contributed by atoms with Gasteiger partial charge in [-0.15, -0.1) is 0 Å². The predicted molar refractivity (Wildman–Crippen MR) is 93.1 cm³/mol. The van der Waals surface area contributed by atoms with E-state index < -0.39 is 0 Å². The average Bonchev–Trinajstić information content (AvgIpc) is 2.49. The number of nitrogens with one attached hydrogen (secondary N) is 1. The van der Waals surface area contributed by atoms with Crippen LogP contribution in [-0.2, 0) is 0 Å². The summed E-state index contributed by atoms with van der Waals surface area (Å²) in [4.78, 5) is 2.45. The van der Waals surface area contributed by atoms with Crippen molar-refractivity contribution < 1.29 is 0 Å². The topological polar surface area (TPSA) is 15.3 Å². The van der Waals surface area contributed by atoms with Gasteiger partial charge in [-0.05, 0) is 57.2 Å². The van der Waals surface area contributed by atoms with Crippen LogP contribution < -0.4 is 5.32 Å². The fourth-order valence-corrected chi connectivity index (χ4v) is 4.12. The molecule has 3 heteroatoms. The molecule has 0 aromatic heterocycles. The molecular formula is C17H34N2S. The highest BCUT2D eigenvalue weighted by molar-refractivity contribution is 7.80. The lowest BCUT2D eigenvalue weighted by atomic mass is 9.82. The van der Waals surface area contributed by atoms with E-state index in [-0.39, 0.29) is 5.54 Å². The first-order chi connectivity index (χ1) is 9.14. The van der Waals surface area contributed by atoms with Gasteiger partial charge in [0.15, 0.2) is 5.11 Å². The van der Waals surface area contributed by atoms with Crippen LogP contribution in [0.3, 0.4) is 0 Å². The zero-order chi connectivity index (χ0) is 15.4. The number of nitrogens with zero attached hydrogens (tertiary/aromatic N) is 1. The van der Waals surface area contributed by atoms with Crippen molar-refractivity contribution in [2.45, 2.75) is 91.6 Å². The maximum atomic E-state index is 5.73. The third kappa shape index (κ3) is 5.99. The van der Waals surface area contributed by atoms with Crippen molar-refractivity contribution in [1.82, 2.24) is 10.2 Å². The molecule has 118 valence electrons. The van der Waals surface area contributed by atoms with Gasteiger partial charge in [-0.1, -0.05) is 40.5 Å². The number of likely N-dealkylation sites (tertiary alicyclic amines) is 1. The first-order valence-corrected chi connectivity index (χ1v) is 8.64. The van der Waals surface area contributed by atoms with Gasteiger partial charge in [0.1, 0.15) is 0 Å². The van der Waals surface area contributed by atoms with Crippen molar-refractivity contribution in [3.05, 3.63) is 0 Å². The van der Waals surface area contributed by atoms with Crippen molar-refractivity contribution in [3.8, 4) is 0 Å². The summed E-state index contributed by atoms with van der Waals surface area (Å²) in [5, 5.41) is 4.60. The van der Waals surface area contributed by atoms with Gasteiger partial charge in [0.25, 0.3) is 0 Å². The number of hydrogen-bond acceptors (Lipinski definition) is 1. The van der Waals surface area contributed by atoms with Crippen LogP contribution in [0.25, 0.3) is 0 Å². The molecule has 0 saturated carbocycles. The zero-order valence-electron chi connectivity index (χ0n) is 14.4. The molecule has 1 aliphatic heterocycles. The molecule has 1 atom stereocenters. The molecule has 0 radical (unpaired) electrons. The SMILES string of the molecule is CCC1CCCCCN1C(=S)NC(C)(C)CC(C)(C)C. The van der Waals surface area contributed by atoms with Gasteiger partial charge in [0.05, 0.1) is 0 Å². The van der Waals surface area contributed by atoms with Crippen LogP contribution in [0.4, 0.5) is 0 Å². The van der Waals surface area contributed by atoms with Gasteiger partial charge in [-0.2, -0.15) is 0 Å². The molecule has 1 saturated heterocycles. The molecule has 0 aromatic rings. The Kier molecular flexibility index (Phi) is 6.30. The lowest BCUT2D eigenvalue weighted by Gasteiger charge is -2.39. The summed E-state index contributed by atoms with van der Waals surface area (Å²) in [5.74, 6) is 0. The van der Waals surface area contributed by atoms with Gasteiger partial charge in [-0.25, -0.2) is 0 Å². The van der Waals surface area contributed by atoms with E-state index in [1.165, 1.54) is 32.1 Å². The van der Waals surface area contributed by atoms with Crippen molar-refractivity contribution in [3.63, 3.8) is 0 Å². The number of rotatable bonds is 3. The molecule has 1 N–H and O–H groups in total. The minimum Gasteiger partial charge on any atom is -0.358 e. The smallest absolute Gasteiger partial charge is 0.169 e. The lowest BCUT2D eigenvalue weighted by molar-refractivity contribution is 0.247. The molecule has 20 heavy (non-hydrogen) atoms. The van der Waals surface area contributed by atoms with Crippen LogP contribution in [-0.4, -0.2) is 28.1 Å².